The molecule has 1 amide bonds. The number of aromatic nitrogens is 4. The minimum absolute atomic E-state index is 0.122. The predicted octanol–water partition coefficient (Wildman–Crippen LogP) is 3.70. The van der Waals surface area contributed by atoms with Crippen LogP contribution in [-0.4, -0.2) is 25.7 Å². The third-order valence-electron chi connectivity index (χ3n) is 5.04. The van der Waals surface area contributed by atoms with Crippen molar-refractivity contribution in [3.05, 3.63) is 80.6 Å². The van der Waals surface area contributed by atoms with E-state index in [0.29, 0.717) is 29.8 Å². The number of nitrogens with one attached hydrogen (secondary N) is 2. The molecule has 1 aromatic carbocycles. The van der Waals surface area contributed by atoms with Gasteiger partial charge in [-0.1, -0.05) is 12.1 Å². The number of rotatable bonds is 4. The van der Waals surface area contributed by atoms with Crippen LogP contribution < -0.4 is 10.9 Å². The summed E-state index contributed by atoms with van der Waals surface area (Å²) < 4.78 is 29.4. The zero-order valence-corrected chi connectivity index (χ0v) is 16.8. The van der Waals surface area contributed by atoms with Gasteiger partial charge in [-0.05, 0) is 42.8 Å². The monoisotopic (exact) mass is 439 g/mol. The number of hydrogen-bond acceptors (Lipinski definition) is 5. The highest BCUT2D eigenvalue weighted by Crippen LogP contribution is 2.28. The second-order valence-corrected chi connectivity index (χ2v) is 7.97. The van der Waals surface area contributed by atoms with Crippen molar-refractivity contribution in [3.8, 4) is 16.5 Å². The van der Waals surface area contributed by atoms with E-state index < -0.39 is 23.1 Å². The number of aryl methyl sites for hydroxylation is 1. The Labute approximate surface area is 178 Å². The number of hydrogen-bond donors (Lipinski definition) is 2. The van der Waals surface area contributed by atoms with Gasteiger partial charge in [0.2, 0.25) is 5.95 Å². The van der Waals surface area contributed by atoms with E-state index in [4.69, 9.17) is 0 Å². The Hall–Kier alpha value is -3.66. The van der Waals surface area contributed by atoms with E-state index >= 15 is 0 Å². The molecule has 0 fully saturated rings. The van der Waals surface area contributed by atoms with Crippen molar-refractivity contribution in [2.45, 2.75) is 19.3 Å². The maximum Gasteiger partial charge on any atom is 0.262 e. The van der Waals surface area contributed by atoms with Gasteiger partial charge in [-0.3, -0.25) is 14.6 Å². The second kappa shape index (κ2) is 7.55. The number of carbonyl (C=O) groups is 1. The maximum absolute atomic E-state index is 14.1. The molecular formula is C21H15F2N5O2S. The Kier molecular flexibility index (Phi) is 4.70. The molecule has 3 aromatic heterocycles. The van der Waals surface area contributed by atoms with Gasteiger partial charge in [0.05, 0.1) is 10.6 Å². The van der Waals surface area contributed by atoms with Crippen LogP contribution in [0.2, 0.25) is 0 Å². The van der Waals surface area contributed by atoms with Gasteiger partial charge in [0, 0.05) is 11.6 Å². The van der Waals surface area contributed by atoms with Crippen LogP contribution in [0.1, 0.15) is 28.0 Å². The molecule has 0 saturated carbocycles. The number of halogens is 2. The molecule has 1 aliphatic rings. The molecule has 3 heterocycles. The first-order chi connectivity index (χ1) is 15.0. The summed E-state index contributed by atoms with van der Waals surface area (Å²) in [5.41, 5.74) is 0.881. The number of carbonyl (C=O) groups excluding carboxylic acids is 1. The number of H-pyrrole nitrogens is 1. The van der Waals surface area contributed by atoms with E-state index in [2.05, 4.69) is 20.4 Å². The molecule has 31 heavy (non-hydrogen) atoms. The first-order valence-electron chi connectivity index (χ1n) is 9.53. The van der Waals surface area contributed by atoms with E-state index in [0.717, 1.165) is 23.4 Å². The van der Waals surface area contributed by atoms with Crippen molar-refractivity contribution in [1.82, 2.24) is 19.7 Å². The van der Waals surface area contributed by atoms with Crippen molar-refractivity contribution in [1.29, 1.82) is 0 Å². The Balaban J connectivity index is 1.61. The maximum atomic E-state index is 14.1. The fourth-order valence-electron chi connectivity index (χ4n) is 3.60. The van der Waals surface area contributed by atoms with Crippen molar-refractivity contribution in [3.63, 3.8) is 0 Å². The van der Waals surface area contributed by atoms with Crippen LogP contribution >= 0.6 is 11.3 Å². The average molecular weight is 439 g/mol. The fraction of sp³-hybridized carbons (Fsp3) is 0.143. The molecule has 0 bridgehead atoms. The largest absolute Gasteiger partial charge is 0.306 e. The molecule has 10 heteroatoms. The molecule has 1 aliphatic carbocycles. The summed E-state index contributed by atoms with van der Waals surface area (Å²) >= 11 is 1.44. The van der Waals surface area contributed by atoms with Crippen LogP contribution in [0.15, 0.2) is 46.6 Å². The number of amides is 1. The molecule has 0 saturated heterocycles. The van der Waals surface area contributed by atoms with Gasteiger partial charge < -0.3 is 5.32 Å². The molecule has 0 atom stereocenters. The quantitative estimate of drug-likeness (QED) is 0.507. The second-order valence-electron chi connectivity index (χ2n) is 7.02. The van der Waals surface area contributed by atoms with Crippen molar-refractivity contribution < 1.29 is 13.6 Å². The van der Waals surface area contributed by atoms with E-state index in [9.17, 15) is 18.4 Å². The predicted molar refractivity (Wildman–Crippen MR) is 112 cm³/mol. The van der Waals surface area contributed by atoms with Crippen molar-refractivity contribution in [2.24, 2.45) is 0 Å². The lowest BCUT2D eigenvalue weighted by Gasteiger charge is -2.10. The van der Waals surface area contributed by atoms with Gasteiger partial charge in [0.15, 0.2) is 0 Å². The van der Waals surface area contributed by atoms with E-state index in [1.54, 1.807) is 6.07 Å². The standard InChI is InChI=1S/C21H15F2N5O2S/c22-12-5-2-6-13(23)18(12)20(30)25-17-10-15(16-8-3-9-31-16)27-28(17)21-24-14-7-1-4-11(14)19(29)26-21/h2-3,5-6,8-10H,1,4,7H2,(H,25,30)(H,24,26,29). The molecular weight excluding hydrogens is 424 g/mol. The number of anilines is 1. The van der Waals surface area contributed by atoms with Crippen LogP contribution in [0.4, 0.5) is 14.6 Å². The van der Waals surface area contributed by atoms with Crippen molar-refractivity contribution >= 4 is 23.1 Å². The van der Waals surface area contributed by atoms with Gasteiger partial charge >= 0.3 is 0 Å². The Morgan fingerprint density at radius 3 is 2.71 bits per heavy atom. The highest BCUT2D eigenvalue weighted by atomic mass is 32.1. The number of thiophene rings is 1. The lowest BCUT2D eigenvalue weighted by Crippen LogP contribution is -2.22. The van der Waals surface area contributed by atoms with Gasteiger partial charge in [0.1, 0.15) is 28.7 Å². The number of aromatic amines is 1. The van der Waals surface area contributed by atoms with E-state index in [1.165, 1.54) is 22.1 Å². The molecule has 7 nitrogen and oxygen atoms in total. The lowest BCUT2D eigenvalue weighted by molar-refractivity contribution is 0.101. The molecule has 4 aromatic rings. The zero-order chi connectivity index (χ0) is 21.5. The Bertz CT molecular complexity index is 1340. The summed E-state index contributed by atoms with van der Waals surface area (Å²) in [6, 6.07) is 8.45. The van der Waals surface area contributed by atoms with E-state index in [1.807, 2.05) is 17.5 Å². The molecule has 156 valence electrons. The first-order valence-corrected chi connectivity index (χ1v) is 10.4. The summed E-state index contributed by atoms with van der Waals surface area (Å²) in [5, 5.41) is 8.85. The van der Waals surface area contributed by atoms with Crippen LogP contribution in [-0.2, 0) is 12.8 Å². The highest BCUT2D eigenvalue weighted by Gasteiger charge is 2.23. The third-order valence-corrected chi connectivity index (χ3v) is 5.94. The smallest absolute Gasteiger partial charge is 0.262 e. The molecule has 0 spiro atoms. The van der Waals surface area contributed by atoms with Gasteiger partial charge in [-0.15, -0.1) is 11.3 Å². The normalized spacial score (nSPS) is 12.7. The minimum Gasteiger partial charge on any atom is -0.306 e. The van der Waals surface area contributed by atoms with Crippen molar-refractivity contribution in [2.75, 3.05) is 5.32 Å². The third kappa shape index (κ3) is 3.44. The molecule has 5 rings (SSSR count). The minimum atomic E-state index is -0.980. The van der Waals surface area contributed by atoms with Gasteiger partial charge in [-0.25, -0.2) is 13.8 Å². The molecule has 0 aliphatic heterocycles. The fourth-order valence-corrected chi connectivity index (χ4v) is 4.28. The summed E-state index contributed by atoms with van der Waals surface area (Å²) in [5.74, 6) is -2.69. The first kappa shape index (κ1) is 19.3. The molecule has 0 unspecified atom stereocenters. The number of benzene rings is 1. The van der Waals surface area contributed by atoms with Gasteiger partial charge in [-0.2, -0.15) is 9.78 Å². The topological polar surface area (TPSA) is 92.7 Å². The van der Waals surface area contributed by atoms with Crippen LogP contribution in [0.5, 0.6) is 0 Å². The summed E-state index contributed by atoms with van der Waals surface area (Å²) in [7, 11) is 0. The van der Waals surface area contributed by atoms with Crippen LogP contribution in [0.25, 0.3) is 16.5 Å². The number of nitrogens with zero attached hydrogens (tertiary/aromatic N) is 3. The average Bonchev–Trinajstić information content (AvgIpc) is 3.48. The van der Waals surface area contributed by atoms with Gasteiger partial charge in [0.25, 0.3) is 11.5 Å². The molecule has 2 N–H and O–H groups in total. The van der Waals surface area contributed by atoms with E-state index in [-0.39, 0.29) is 17.3 Å². The lowest BCUT2D eigenvalue weighted by atomic mass is 10.2. The Morgan fingerprint density at radius 1 is 1.16 bits per heavy atom. The summed E-state index contributed by atoms with van der Waals surface area (Å²) in [4.78, 5) is 33.1. The highest BCUT2D eigenvalue weighted by molar-refractivity contribution is 7.13. The summed E-state index contributed by atoms with van der Waals surface area (Å²) in [6.07, 6.45) is 2.17. The zero-order valence-electron chi connectivity index (χ0n) is 16.0. The summed E-state index contributed by atoms with van der Waals surface area (Å²) in [6.45, 7) is 0. The van der Waals surface area contributed by atoms with Crippen LogP contribution in [0, 0.1) is 11.6 Å². The SMILES string of the molecule is O=C(Nc1cc(-c2cccs2)nn1-c1nc2c(c(=O)[nH]1)CCC2)c1c(F)cccc1F. The van der Waals surface area contributed by atoms with Crippen LogP contribution in [0.3, 0.4) is 0 Å². The number of fused-ring (bicyclic) bond motifs is 1. The Morgan fingerprint density at radius 2 is 1.97 bits per heavy atom. The molecule has 0 radical (unpaired) electrons.